The van der Waals surface area contributed by atoms with E-state index in [1.165, 1.54) is 26.0 Å². The first kappa shape index (κ1) is 14.0. The molecule has 0 fully saturated rings. The highest BCUT2D eigenvalue weighted by Crippen LogP contribution is 2.19. The Morgan fingerprint density at radius 3 is 2.70 bits per heavy atom. The van der Waals surface area contributed by atoms with Gasteiger partial charge in [0, 0.05) is 17.4 Å². The van der Waals surface area contributed by atoms with Crippen molar-refractivity contribution in [3.05, 3.63) is 35.8 Å². The van der Waals surface area contributed by atoms with Crippen LogP contribution in [0.4, 0.5) is 4.39 Å². The summed E-state index contributed by atoms with van der Waals surface area (Å²) in [7, 11) is 0. The summed E-state index contributed by atoms with van der Waals surface area (Å²) in [5.74, 6) is -1.88. The van der Waals surface area contributed by atoms with Crippen LogP contribution in [0.1, 0.15) is 24.3 Å². The Bertz CT molecular complexity index is 676. The third-order valence-corrected chi connectivity index (χ3v) is 3.13. The van der Waals surface area contributed by atoms with Crippen LogP contribution in [0.25, 0.3) is 10.9 Å². The lowest BCUT2D eigenvalue weighted by atomic mass is 9.94. The fourth-order valence-corrected chi connectivity index (χ4v) is 1.71. The Morgan fingerprint density at radius 2 is 2.10 bits per heavy atom. The number of fused-ring (bicyclic) bond motifs is 1. The molecule has 1 heterocycles. The summed E-state index contributed by atoms with van der Waals surface area (Å²) < 4.78 is 13.5. The molecule has 0 radical (unpaired) electrons. The van der Waals surface area contributed by atoms with E-state index in [0.717, 1.165) is 0 Å². The number of aromatic amines is 1. The molecule has 0 unspecified atom stereocenters. The maximum Gasteiger partial charge on any atom is 0.310 e. The van der Waals surface area contributed by atoms with Gasteiger partial charge in [-0.2, -0.15) is 0 Å². The van der Waals surface area contributed by atoms with E-state index in [0.29, 0.717) is 10.9 Å². The minimum Gasteiger partial charge on any atom is -0.481 e. The molecule has 1 aromatic carbocycles. The number of amides is 1. The number of hydrogen-bond donors (Lipinski definition) is 3. The van der Waals surface area contributed by atoms with E-state index in [1.807, 2.05) is 0 Å². The number of carboxylic acids is 1. The summed E-state index contributed by atoms with van der Waals surface area (Å²) in [6, 6.07) is 5.93. The molecular weight excluding hydrogens is 263 g/mol. The molecule has 0 spiro atoms. The summed E-state index contributed by atoms with van der Waals surface area (Å²) in [5.41, 5.74) is -0.341. The second-order valence-electron chi connectivity index (χ2n) is 5.26. The highest BCUT2D eigenvalue weighted by atomic mass is 19.1. The molecule has 1 aromatic heterocycles. The lowest BCUT2D eigenvalue weighted by Gasteiger charge is -2.19. The maximum atomic E-state index is 13.5. The van der Waals surface area contributed by atoms with Gasteiger partial charge in [-0.1, -0.05) is 6.07 Å². The zero-order valence-electron chi connectivity index (χ0n) is 11.2. The van der Waals surface area contributed by atoms with Gasteiger partial charge in [0.05, 0.1) is 5.41 Å². The van der Waals surface area contributed by atoms with Crippen LogP contribution in [0.2, 0.25) is 0 Å². The number of nitrogens with one attached hydrogen (secondary N) is 2. The Morgan fingerprint density at radius 1 is 1.40 bits per heavy atom. The normalized spacial score (nSPS) is 11.6. The molecule has 0 atom stereocenters. The van der Waals surface area contributed by atoms with E-state index >= 15 is 0 Å². The van der Waals surface area contributed by atoms with E-state index in [2.05, 4.69) is 10.3 Å². The van der Waals surface area contributed by atoms with E-state index in [4.69, 9.17) is 5.11 Å². The fourth-order valence-electron chi connectivity index (χ4n) is 1.71. The van der Waals surface area contributed by atoms with E-state index in [-0.39, 0.29) is 12.2 Å². The number of halogens is 1. The molecule has 0 aliphatic heterocycles. The molecule has 2 rings (SSSR count). The van der Waals surface area contributed by atoms with E-state index < -0.39 is 23.1 Å². The van der Waals surface area contributed by atoms with Crippen molar-refractivity contribution in [2.45, 2.75) is 13.8 Å². The average Bonchev–Trinajstić information content (AvgIpc) is 2.81. The third-order valence-electron chi connectivity index (χ3n) is 3.13. The van der Waals surface area contributed by atoms with Crippen LogP contribution in [0, 0.1) is 11.2 Å². The summed E-state index contributed by atoms with van der Waals surface area (Å²) in [6.07, 6.45) is 0. The minimum atomic E-state index is -1.06. The molecule has 20 heavy (non-hydrogen) atoms. The van der Waals surface area contributed by atoms with Gasteiger partial charge < -0.3 is 15.4 Å². The van der Waals surface area contributed by atoms with Gasteiger partial charge in [-0.05, 0) is 32.0 Å². The zero-order valence-corrected chi connectivity index (χ0v) is 11.2. The Balaban J connectivity index is 2.16. The van der Waals surface area contributed by atoms with Crippen LogP contribution in [0.3, 0.4) is 0 Å². The third kappa shape index (κ3) is 2.64. The number of carbonyl (C=O) groups excluding carboxylic acids is 1. The van der Waals surface area contributed by atoms with Crippen molar-refractivity contribution >= 4 is 22.8 Å². The van der Waals surface area contributed by atoms with Gasteiger partial charge in [-0.3, -0.25) is 9.59 Å². The van der Waals surface area contributed by atoms with Crippen molar-refractivity contribution in [2.24, 2.45) is 5.41 Å². The van der Waals surface area contributed by atoms with Crippen LogP contribution < -0.4 is 5.32 Å². The Labute approximate surface area is 114 Å². The smallest absolute Gasteiger partial charge is 0.310 e. The summed E-state index contributed by atoms with van der Waals surface area (Å²) in [6.45, 7) is 3.01. The van der Waals surface area contributed by atoms with Crippen LogP contribution >= 0.6 is 0 Å². The number of carboxylic acid groups (broad SMARTS) is 1. The average molecular weight is 278 g/mol. The van der Waals surface area contributed by atoms with Crippen LogP contribution in [0.15, 0.2) is 24.3 Å². The second-order valence-corrected chi connectivity index (χ2v) is 5.26. The fraction of sp³-hybridized carbons (Fsp3) is 0.286. The lowest BCUT2D eigenvalue weighted by Crippen LogP contribution is -2.39. The van der Waals surface area contributed by atoms with Crippen LogP contribution in [-0.4, -0.2) is 28.5 Å². The summed E-state index contributed by atoms with van der Waals surface area (Å²) in [5, 5.41) is 11.8. The largest absolute Gasteiger partial charge is 0.481 e. The van der Waals surface area contributed by atoms with Crippen molar-refractivity contribution in [3.8, 4) is 0 Å². The molecule has 2 aromatic rings. The number of hydrogen-bond acceptors (Lipinski definition) is 2. The van der Waals surface area contributed by atoms with Crippen molar-refractivity contribution in [2.75, 3.05) is 6.54 Å². The second kappa shape index (κ2) is 4.96. The highest BCUT2D eigenvalue weighted by molar-refractivity contribution is 5.98. The van der Waals surface area contributed by atoms with E-state index in [9.17, 15) is 14.0 Å². The molecule has 5 nitrogen and oxygen atoms in total. The number of H-pyrrole nitrogens is 1. The van der Waals surface area contributed by atoms with Gasteiger partial charge in [0.25, 0.3) is 5.91 Å². The molecule has 1 amide bonds. The predicted octanol–water partition coefficient (Wildman–Crippen LogP) is 2.15. The van der Waals surface area contributed by atoms with Gasteiger partial charge in [-0.25, -0.2) is 4.39 Å². The molecule has 6 heteroatoms. The molecule has 3 N–H and O–H groups in total. The molecule has 0 aliphatic carbocycles. The molecular formula is C14H15FN2O3. The predicted molar refractivity (Wildman–Crippen MR) is 72.0 cm³/mol. The first-order valence-corrected chi connectivity index (χ1v) is 6.10. The minimum absolute atomic E-state index is 0.0149. The SMILES string of the molecule is CC(C)(CNC(=O)c1cc2c(F)cccc2[nH]1)C(=O)O. The monoisotopic (exact) mass is 278 g/mol. The van der Waals surface area contributed by atoms with Gasteiger partial charge in [0.1, 0.15) is 11.5 Å². The van der Waals surface area contributed by atoms with E-state index in [1.54, 1.807) is 12.1 Å². The number of carbonyl (C=O) groups is 2. The van der Waals surface area contributed by atoms with Crippen LogP contribution in [0.5, 0.6) is 0 Å². The maximum absolute atomic E-state index is 13.5. The Hall–Kier alpha value is -2.37. The first-order valence-electron chi connectivity index (χ1n) is 6.10. The summed E-state index contributed by atoms with van der Waals surface area (Å²) >= 11 is 0. The molecule has 0 saturated carbocycles. The molecule has 0 aliphatic rings. The van der Waals surface area contributed by atoms with Crippen molar-refractivity contribution < 1.29 is 19.1 Å². The molecule has 0 saturated heterocycles. The topological polar surface area (TPSA) is 82.2 Å². The van der Waals surface area contributed by atoms with Gasteiger partial charge >= 0.3 is 5.97 Å². The lowest BCUT2D eigenvalue weighted by molar-refractivity contribution is -0.146. The van der Waals surface area contributed by atoms with Gasteiger partial charge in [0.15, 0.2) is 0 Å². The molecule has 106 valence electrons. The Kier molecular flexibility index (Phi) is 3.48. The number of aliphatic carboxylic acids is 1. The number of benzene rings is 1. The van der Waals surface area contributed by atoms with Crippen LogP contribution in [-0.2, 0) is 4.79 Å². The number of rotatable bonds is 4. The highest BCUT2D eigenvalue weighted by Gasteiger charge is 2.27. The quantitative estimate of drug-likeness (QED) is 0.801. The zero-order chi connectivity index (χ0) is 14.9. The van der Waals surface area contributed by atoms with Crippen molar-refractivity contribution in [1.82, 2.24) is 10.3 Å². The molecule has 0 bridgehead atoms. The van der Waals surface area contributed by atoms with Gasteiger partial charge in [-0.15, -0.1) is 0 Å². The first-order chi connectivity index (χ1) is 9.31. The van der Waals surface area contributed by atoms with Crippen molar-refractivity contribution in [1.29, 1.82) is 0 Å². The summed E-state index contributed by atoms with van der Waals surface area (Å²) in [4.78, 5) is 25.7. The number of aromatic nitrogens is 1. The standard InChI is InChI=1S/C14H15FN2O3/c1-14(2,13(19)20)7-16-12(18)11-6-8-9(15)4-3-5-10(8)17-11/h3-6,17H,7H2,1-2H3,(H,16,18)(H,19,20). The van der Waals surface area contributed by atoms with Gasteiger partial charge in [0.2, 0.25) is 0 Å². The van der Waals surface area contributed by atoms with Crippen molar-refractivity contribution in [3.63, 3.8) is 0 Å².